The molecule has 1 aliphatic heterocycles. The average molecular weight is 522 g/mol. The lowest BCUT2D eigenvalue weighted by Crippen LogP contribution is -2.47. The fourth-order valence-corrected chi connectivity index (χ4v) is 5.30. The standard InChI is InChI=1S/C33H35N3O3/c1-3-4-22-34(31(37)21-16-25-11-6-5-7-12-25)24-32(38)36-29-14-9-8-13-28(29)35-23-10-15-30(35)33(36)26-17-19-27(39-2)20-18-26/h5-15,17-20,23,33H,3-4,16,21-22,24H2,1-2H3. The predicted octanol–water partition coefficient (Wildman–Crippen LogP) is 6.18. The van der Waals surface area contributed by atoms with E-state index in [2.05, 4.69) is 17.6 Å². The molecule has 4 aromatic rings. The smallest absolute Gasteiger partial charge is 0.247 e. The van der Waals surface area contributed by atoms with Crippen LogP contribution in [0.15, 0.2) is 97.2 Å². The number of carbonyl (C=O) groups is 2. The van der Waals surface area contributed by atoms with Crippen LogP contribution in [0.3, 0.4) is 0 Å². The third-order valence-corrected chi connectivity index (χ3v) is 7.35. The Morgan fingerprint density at radius 2 is 1.59 bits per heavy atom. The molecule has 0 saturated heterocycles. The quantitative estimate of drug-likeness (QED) is 0.250. The van der Waals surface area contributed by atoms with Gasteiger partial charge in [0.1, 0.15) is 18.3 Å². The van der Waals surface area contributed by atoms with E-state index in [9.17, 15) is 9.59 Å². The zero-order chi connectivity index (χ0) is 27.2. The van der Waals surface area contributed by atoms with E-state index >= 15 is 0 Å². The summed E-state index contributed by atoms with van der Waals surface area (Å²) in [5.74, 6) is 0.674. The van der Waals surface area contributed by atoms with E-state index in [0.29, 0.717) is 19.4 Å². The van der Waals surface area contributed by atoms with Crippen LogP contribution in [0, 0.1) is 0 Å². The van der Waals surface area contributed by atoms with Crippen molar-refractivity contribution in [3.8, 4) is 11.4 Å². The second-order valence-electron chi connectivity index (χ2n) is 9.89. The monoisotopic (exact) mass is 521 g/mol. The van der Waals surface area contributed by atoms with Crippen LogP contribution in [0.2, 0.25) is 0 Å². The Bertz CT molecular complexity index is 1410. The van der Waals surface area contributed by atoms with E-state index in [0.717, 1.165) is 46.8 Å². The van der Waals surface area contributed by atoms with Gasteiger partial charge in [-0.05, 0) is 60.4 Å². The van der Waals surface area contributed by atoms with Gasteiger partial charge in [-0.1, -0.05) is 67.9 Å². The van der Waals surface area contributed by atoms with Gasteiger partial charge in [0.05, 0.1) is 24.2 Å². The largest absolute Gasteiger partial charge is 0.497 e. The summed E-state index contributed by atoms with van der Waals surface area (Å²) in [6, 6.07) is 29.6. The highest BCUT2D eigenvalue weighted by Crippen LogP contribution is 2.42. The molecule has 3 aromatic carbocycles. The number of benzene rings is 3. The van der Waals surface area contributed by atoms with Crippen LogP contribution in [-0.4, -0.2) is 41.5 Å². The fraction of sp³-hybridized carbons (Fsp3) is 0.273. The summed E-state index contributed by atoms with van der Waals surface area (Å²) in [5, 5.41) is 0. The Morgan fingerprint density at radius 1 is 0.872 bits per heavy atom. The predicted molar refractivity (Wildman–Crippen MR) is 154 cm³/mol. The number of nitrogens with zero attached hydrogens (tertiary/aromatic N) is 3. The van der Waals surface area contributed by atoms with Gasteiger partial charge in [0.2, 0.25) is 11.8 Å². The number of rotatable bonds is 10. The Hall–Kier alpha value is -4.32. The highest BCUT2D eigenvalue weighted by molar-refractivity contribution is 6.00. The molecule has 0 radical (unpaired) electrons. The SMILES string of the molecule is CCCCN(CC(=O)N1c2ccccc2-n2cccc2C1c1ccc(OC)cc1)C(=O)CCc1ccccc1. The number of amides is 2. The first-order chi connectivity index (χ1) is 19.1. The van der Waals surface area contributed by atoms with E-state index in [-0.39, 0.29) is 24.4 Å². The Morgan fingerprint density at radius 3 is 2.31 bits per heavy atom. The molecule has 1 aliphatic rings. The molecular formula is C33H35N3O3. The maximum atomic E-state index is 14.2. The van der Waals surface area contributed by atoms with E-state index in [1.807, 2.05) is 96.0 Å². The summed E-state index contributed by atoms with van der Waals surface area (Å²) in [6.07, 6.45) is 4.87. The van der Waals surface area contributed by atoms with Gasteiger partial charge in [-0.15, -0.1) is 0 Å². The van der Waals surface area contributed by atoms with Crippen LogP contribution in [0.5, 0.6) is 5.75 Å². The van der Waals surface area contributed by atoms with E-state index < -0.39 is 0 Å². The van der Waals surface area contributed by atoms with E-state index in [4.69, 9.17) is 4.74 Å². The summed E-state index contributed by atoms with van der Waals surface area (Å²) in [6.45, 7) is 2.70. The van der Waals surface area contributed by atoms with Crippen molar-refractivity contribution in [1.82, 2.24) is 9.47 Å². The van der Waals surface area contributed by atoms with Gasteiger partial charge < -0.3 is 14.2 Å². The van der Waals surface area contributed by atoms with Gasteiger partial charge >= 0.3 is 0 Å². The molecule has 6 heteroatoms. The third kappa shape index (κ3) is 5.60. The molecule has 0 saturated carbocycles. The molecule has 0 fully saturated rings. The first kappa shape index (κ1) is 26.3. The number of carbonyl (C=O) groups excluding carboxylic acids is 2. The van der Waals surface area contributed by atoms with Gasteiger partial charge in [-0.25, -0.2) is 0 Å². The number of anilines is 1. The van der Waals surface area contributed by atoms with Crippen molar-refractivity contribution < 1.29 is 14.3 Å². The number of fused-ring (bicyclic) bond motifs is 3. The maximum absolute atomic E-state index is 14.2. The van der Waals surface area contributed by atoms with Crippen molar-refractivity contribution in [2.24, 2.45) is 0 Å². The normalized spacial score (nSPS) is 13.9. The lowest BCUT2D eigenvalue weighted by atomic mass is 9.97. The minimum absolute atomic E-state index is 0.00956. The maximum Gasteiger partial charge on any atom is 0.247 e. The van der Waals surface area contributed by atoms with E-state index in [1.54, 1.807) is 12.0 Å². The second-order valence-corrected chi connectivity index (χ2v) is 9.89. The minimum Gasteiger partial charge on any atom is -0.497 e. The molecule has 200 valence electrons. The van der Waals surface area contributed by atoms with Gasteiger partial charge in [0.15, 0.2) is 0 Å². The minimum atomic E-state index is -0.333. The van der Waals surface area contributed by atoms with Crippen LogP contribution in [0.4, 0.5) is 5.69 Å². The molecule has 0 bridgehead atoms. The van der Waals surface area contributed by atoms with Gasteiger partial charge in [-0.2, -0.15) is 0 Å². The number of unbranched alkanes of at least 4 members (excludes halogenated alkanes) is 1. The van der Waals surface area contributed by atoms with Crippen molar-refractivity contribution in [2.45, 2.75) is 38.6 Å². The number of ether oxygens (including phenoxy) is 1. The van der Waals surface area contributed by atoms with Gasteiger partial charge in [-0.3, -0.25) is 14.5 Å². The number of hydrogen-bond acceptors (Lipinski definition) is 3. The Balaban J connectivity index is 1.46. The van der Waals surface area contributed by atoms with Crippen molar-refractivity contribution >= 4 is 17.5 Å². The molecule has 39 heavy (non-hydrogen) atoms. The van der Waals surface area contributed by atoms with Crippen LogP contribution in [0.1, 0.15) is 49.0 Å². The number of hydrogen-bond donors (Lipinski definition) is 0. The van der Waals surface area contributed by atoms with Gasteiger partial charge in [0, 0.05) is 19.2 Å². The van der Waals surface area contributed by atoms with Gasteiger partial charge in [0.25, 0.3) is 0 Å². The molecule has 2 heterocycles. The average Bonchev–Trinajstić information content (AvgIpc) is 3.48. The summed E-state index contributed by atoms with van der Waals surface area (Å²) in [5.41, 5.74) is 4.89. The Labute approximate surface area is 230 Å². The second kappa shape index (κ2) is 12.0. The number of aryl methyl sites for hydroxylation is 1. The number of methoxy groups -OCH3 is 1. The molecule has 1 unspecified atom stereocenters. The molecule has 0 spiro atoms. The molecule has 1 atom stereocenters. The first-order valence-corrected chi connectivity index (χ1v) is 13.6. The molecule has 0 N–H and O–H groups in total. The van der Waals surface area contributed by atoms with Crippen molar-refractivity contribution in [3.63, 3.8) is 0 Å². The van der Waals surface area contributed by atoms with Crippen molar-refractivity contribution in [3.05, 3.63) is 114 Å². The number of para-hydroxylation sites is 2. The zero-order valence-corrected chi connectivity index (χ0v) is 22.6. The van der Waals surface area contributed by atoms with Crippen LogP contribution in [-0.2, 0) is 16.0 Å². The molecule has 2 amide bonds. The zero-order valence-electron chi connectivity index (χ0n) is 22.6. The van der Waals surface area contributed by atoms with Crippen molar-refractivity contribution in [2.75, 3.05) is 25.1 Å². The van der Waals surface area contributed by atoms with Crippen LogP contribution < -0.4 is 9.64 Å². The topological polar surface area (TPSA) is 54.8 Å². The summed E-state index contributed by atoms with van der Waals surface area (Å²) in [7, 11) is 1.65. The lowest BCUT2D eigenvalue weighted by molar-refractivity contribution is -0.135. The van der Waals surface area contributed by atoms with Crippen LogP contribution in [0.25, 0.3) is 5.69 Å². The Kier molecular flexibility index (Phi) is 8.11. The van der Waals surface area contributed by atoms with Crippen molar-refractivity contribution in [1.29, 1.82) is 0 Å². The molecule has 5 rings (SSSR count). The fourth-order valence-electron chi connectivity index (χ4n) is 5.30. The lowest BCUT2D eigenvalue weighted by Gasteiger charge is -2.39. The molecule has 1 aromatic heterocycles. The summed E-state index contributed by atoms with van der Waals surface area (Å²) < 4.78 is 7.53. The van der Waals surface area contributed by atoms with Crippen LogP contribution >= 0.6 is 0 Å². The molecule has 0 aliphatic carbocycles. The first-order valence-electron chi connectivity index (χ1n) is 13.6. The highest BCUT2D eigenvalue weighted by Gasteiger charge is 2.36. The summed E-state index contributed by atoms with van der Waals surface area (Å²) >= 11 is 0. The van der Waals surface area contributed by atoms with E-state index in [1.165, 1.54) is 0 Å². The highest BCUT2D eigenvalue weighted by atomic mass is 16.5. The molecule has 6 nitrogen and oxygen atoms in total. The number of aromatic nitrogens is 1. The summed E-state index contributed by atoms with van der Waals surface area (Å²) in [4.78, 5) is 31.3. The molecular weight excluding hydrogens is 486 g/mol. The third-order valence-electron chi connectivity index (χ3n) is 7.35.